The molecule has 0 bridgehead atoms. The lowest BCUT2D eigenvalue weighted by Crippen LogP contribution is -2.17. The second-order valence-electron chi connectivity index (χ2n) is 1.84. The highest BCUT2D eigenvalue weighted by atomic mass is 16.6. The van der Waals surface area contributed by atoms with E-state index in [1.165, 1.54) is 7.11 Å². The Morgan fingerprint density at radius 2 is 2.27 bits per heavy atom. The summed E-state index contributed by atoms with van der Waals surface area (Å²) in [5.41, 5.74) is 0. The molecule has 0 aromatic rings. The van der Waals surface area contributed by atoms with Gasteiger partial charge in [-0.1, -0.05) is 12.7 Å². The zero-order valence-corrected chi connectivity index (χ0v) is 6.58. The molecule has 0 spiro atoms. The van der Waals surface area contributed by atoms with Crippen molar-refractivity contribution in [3.05, 3.63) is 25.3 Å². The van der Waals surface area contributed by atoms with Crippen LogP contribution in [0.2, 0.25) is 0 Å². The van der Waals surface area contributed by atoms with E-state index in [0.29, 0.717) is 0 Å². The summed E-state index contributed by atoms with van der Waals surface area (Å²) in [6, 6.07) is 0. The molecule has 0 rings (SSSR count). The zero-order chi connectivity index (χ0) is 8.69. The maximum atomic E-state index is 10.5. The molecule has 0 amide bonds. The van der Waals surface area contributed by atoms with E-state index in [4.69, 9.17) is 4.74 Å². The summed E-state index contributed by atoms with van der Waals surface area (Å²) in [4.78, 5) is 10.5. The fourth-order valence-corrected chi connectivity index (χ4v) is 0.455. The van der Waals surface area contributed by atoms with Crippen molar-refractivity contribution in [3.8, 4) is 0 Å². The summed E-state index contributed by atoms with van der Waals surface area (Å²) in [5.74, 6) is -0.450. The molecule has 0 saturated heterocycles. The summed E-state index contributed by atoms with van der Waals surface area (Å²) in [6.45, 7) is 6.93. The Balaban J connectivity index is 3.58. The largest absolute Gasteiger partial charge is 0.459 e. The van der Waals surface area contributed by atoms with Crippen molar-refractivity contribution in [2.45, 2.75) is 6.10 Å². The lowest BCUT2D eigenvalue weighted by atomic mass is 10.4. The van der Waals surface area contributed by atoms with Gasteiger partial charge >= 0.3 is 5.97 Å². The SMILES string of the molecule is C=CC(=O)OCC(C=C)OC. The van der Waals surface area contributed by atoms with Crippen LogP contribution < -0.4 is 0 Å². The maximum Gasteiger partial charge on any atom is 0.330 e. The molecule has 0 fully saturated rings. The van der Waals surface area contributed by atoms with Crippen LogP contribution >= 0.6 is 0 Å². The van der Waals surface area contributed by atoms with Gasteiger partial charge in [0.1, 0.15) is 12.7 Å². The summed E-state index contributed by atoms with van der Waals surface area (Å²) >= 11 is 0. The summed E-state index contributed by atoms with van der Waals surface area (Å²) in [6.07, 6.45) is 2.44. The number of carbonyl (C=O) groups is 1. The molecular weight excluding hydrogens is 144 g/mol. The summed E-state index contributed by atoms with van der Waals surface area (Å²) in [5, 5.41) is 0. The van der Waals surface area contributed by atoms with E-state index in [9.17, 15) is 4.79 Å². The van der Waals surface area contributed by atoms with Crippen LogP contribution in [0.15, 0.2) is 25.3 Å². The molecule has 62 valence electrons. The molecule has 3 heteroatoms. The van der Waals surface area contributed by atoms with Gasteiger partial charge in [-0.25, -0.2) is 4.79 Å². The molecule has 0 N–H and O–H groups in total. The average molecular weight is 156 g/mol. The van der Waals surface area contributed by atoms with Crippen molar-refractivity contribution in [2.24, 2.45) is 0 Å². The zero-order valence-electron chi connectivity index (χ0n) is 6.58. The number of esters is 1. The highest BCUT2D eigenvalue weighted by molar-refractivity contribution is 5.81. The van der Waals surface area contributed by atoms with Crippen molar-refractivity contribution in [2.75, 3.05) is 13.7 Å². The molecule has 0 saturated carbocycles. The maximum absolute atomic E-state index is 10.5. The lowest BCUT2D eigenvalue weighted by molar-refractivity contribution is -0.140. The monoisotopic (exact) mass is 156 g/mol. The van der Waals surface area contributed by atoms with Gasteiger partial charge in [0.05, 0.1) is 0 Å². The van der Waals surface area contributed by atoms with Crippen LogP contribution in [0, 0.1) is 0 Å². The van der Waals surface area contributed by atoms with Crippen LogP contribution in [0.5, 0.6) is 0 Å². The van der Waals surface area contributed by atoms with Gasteiger partial charge < -0.3 is 9.47 Å². The molecule has 0 aliphatic carbocycles. The van der Waals surface area contributed by atoms with Crippen LogP contribution in [0.3, 0.4) is 0 Å². The van der Waals surface area contributed by atoms with E-state index in [-0.39, 0.29) is 12.7 Å². The highest BCUT2D eigenvalue weighted by Crippen LogP contribution is 1.92. The van der Waals surface area contributed by atoms with Gasteiger partial charge in [-0.05, 0) is 0 Å². The van der Waals surface area contributed by atoms with Crippen LogP contribution in [0.25, 0.3) is 0 Å². The number of hydrogen-bond donors (Lipinski definition) is 0. The van der Waals surface area contributed by atoms with E-state index >= 15 is 0 Å². The van der Waals surface area contributed by atoms with Gasteiger partial charge in [-0.2, -0.15) is 0 Å². The van der Waals surface area contributed by atoms with Gasteiger partial charge in [-0.15, -0.1) is 6.58 Å². The lowest BCUT2D eigenvalue weighted by Gasteiger charge is -2.09. The summed E-state index contributed by atoms with van der Waals surface area (Å²) in [7, 11) is 1.52. The standard InChI is InChI=1S/C8H12O3/c1-4-7(10-3)6-11-8(9)5-2/h4-5,7H,1-2,6H2,3H3. The van der Waals surface area contributed by atoms with E-state index in [0.717, 1.165) is 6.08 Å². The van der Waals surface area contributed by atoms with Gasteiger partial charge in [0, 0.05) is 13.2 Å². The average Bonchev–Trinajstić information content (AvgIpc) is 2.06. The van der Waals surface area contributed by atoms with Gasteiger partial charge in [-0.3, -0.25) is 0 Å². The quantitative estimate of drug-likeness (QED) is 0.337. The van der Waals surface area contributed by atoms with E-state index < -0.39 is 5.97 Å². The molecule has 0 heterocycles. The van der Waals surface area contributed by atoms with Crippen LogP contribution in [-0.2, 0) is 14.3 Å². The number of carbonyl (C=O) groups excluding carboxylic acids is 1. The highest BCUT2D eigenvalue weighted by Gasteiger charge is 2.03. The Hall–Kier alpha value is -1.09. The molecule has 11 heavy (non-hydrogen) atoms. The van der Waals surface area contributed by atoms with Gasteiger partial charge in [0.2, 0.25) is 0 Å². The molecule has 1 unspecified atom stereocenters. The predicted octanol–water partition coefficient (Wildman–Crippen LogP) is 0.917. The normalized spacial score (nSPS) is 11.7. The Bertz CT molecular complexity index is 151. The van der Waals surface area contributed by atoms with Gasteiger partial charge in [0.15, 0.2) is 0 Å². The van der Waals surface area contributed by atoms with Crippen molar-refractivity contribution < 1.29 is 14.3 Å². The first-order valence-corrected chi connectivity index (χ1v) is 3.19. The van der Waals surface area contributed by atoms with E-state index in [1.807, 2.05) is 0 Å². The first-order valence-electron chi connectivity index (χ1n) is 3.19. The number of methoxy groups -OCH3 is 1. The summed E-state index contributed by atoms with van der Waals surface area (Å²) < 4.78 is 9.55. The third-order valence-corrected chi connectivity index (χ3v) is 1.12. The van der Waals surface area contributed by atoms with Crippen molar-refractivity contribution >= 4 is 5.97 Å². The van der Waals surface area contributed by atoms with Crippen LogP contribution in [0.1, 0.15) is 0 Å². The Morgan fingerprint density at radius 3 is 2.64 bits per heavy atom. The van der Waals surface area contributed by atoms with E-state index in [2.05, 4.69) is 17.9 Å². The molecule has 1 atom stereocenters. The first kappa shape index (κ1) is 9.91. The minimum absolute atomic E-state index is 0.185. The fraction of sp³-hybridized carbons (Fsp3) is 0.375. The van der Waals surface area contributed by atoms with Crippen molar-refractivity contribution in [1.29, 1.82) is 0 Å². The Morgan fingerprint density at radius 1 is 1.64 bits per heavy atom. The Kier molecular flexibility index (Phi) is 5.11. The second-order valence-corrected chi connectivity index (χ2v) is 1.84. The van der Waals surface area contributed by atoms with Crippen LogP contribution in [-0.4, -0.2) is 25.8 Å². The molecule has 0 radical (unpaired) electrons. The first-order chi connectivity index (χ1) is 5.24. The molecule has 0 aliphatic heterocycles. The number of hydrogen-bond acceptors (Lipinski definition) is 3. The predicted molar refractivity (Wildman–Crippen MR) is 42.2 cm³/mol. The van der Waals surface area contributed by atoms with Crippen molar-refractivity contribution in [1.82, 2.24) is 0 Å². The minimum atomic E-state index is -0.450. The van der Waals surface area contributed by atoms with Crippen LogP contribution in [0.4, 0.5) is 0 Å². The third-order valence-electron chi connectivity index (χ3n) is 1.12. The fourth-order valence-electron chi connectivity index (χ4n) is 0.455. The van der Waals surface area contributed by atoms with E-state index in [1.54, 1.807) is 6.08 Å². The molecule has 0 aromatic heterocycles. The molecule has 0 aromatic carbocycles. The minimum Gasteiger partial charge on any atom is -0.459 e. The molecule has 3 nitrogen and oxygen atoms in total. The molecular formula is C8H12O3. The Labute approximate surface area is 66.3 Å². The third kappa shape index (κ3) is 4.33. The number of rotatable bonds is 5. The molecule has 0 aliphatic rings. The van der Waals surface area contributed by atoms with Crippen molar-refractivity contribution in [3.63, 3.8) is 0 Å². The van der Waals surface area contributed by atoms with Gasteiger partial charge in [0.25, 0.3) is 0 Å². The number of ether oxygens (including phenoxy) is 2. The second kappa shape index (κ2) is 5.68. The smallest absolute Gasteiger partial charge is 0.330 e. The topological polar surface area (TPSA) is 35.5 Å².